The van der Waals surface area contributed by atoms with Gasteiger partial charge in [-0.3, -0.25) is 9.78 Å². The topological polar surface area (TPSA) is 126 Å². The van der Waals surface area contributed by atoms with Crippen LogP contribution in [0.25, 0.3) is 0 Å². The summed E-state index contributed by atoms with van der Waals surface area (Å²) < 4.78 is 5.00. The normalized spacial score (nSPS) is 11.9. The van der Waals surface area contributed by atoms with Crippen LogP contribution < -0.4 is 11.1 Å². The highest BCUT2D eigenvalue weighted by Gasteiger charge is 2.16. The third-order valence-electron chi connectivity index (χ3n) is 4.05. The van der Waals surface area contributed by atoms with Gasteiger partial charge < -0.3 is 15.8 Å². The Hall–Kier alpha value is -4.25. The molecule has 2 heterocycles. The number of nitrogens with one attached hydrogen (secondary N) is 1. The van der Waals surface area contributed by atoms with E-state index in [9.17, 15) is 4.79 Å². The van der Waals surface area contributed by atoms with Gasteiger partial charge in [-0.25, -0.2) is 9.98 Å². The predicted molar refractivity (Wildman–Crippen MR) is 108 cm³/mol. The van der Waals surface area contributed by atoms with Crippen molar-refractivity contribution in [1.29, 1.82) is 5.26 Å². The lowest BCUT2D eigenvalue weighted by Crippen LogP contribution is -2.16. The molecule has 0 radical (unpaired) electrons. The lowest BCUT2D eigenvalue weighted by atomic mass is 10.0. The lowest BCUT2D eigenvalue weighted by Gasteiger charge is -2.15. The number of carbonyl (C=O) groups is 1. The Bertz CT molecular complexity index is 1060. The number of methoxy groups -OCH3 is 1. The average molecular weight is 386 g/mol. The number of ether oxygens (including phenoxy) is 1. The van der Waals surface area contributed by atoms with Crippen molar-refractivity contribution in [2.45, 2.75) is 6.04 Å². The van der Waals surface area contributed by atoms with Crippen molar-refractivity contribution in [1.82, 2.24) is 9.97 Å². The van der Waals surface area contributed by atoms with E-state index in [4.69, 9.17) is 15.7 Å². The molecule has 3 aromatic rings. The Balaban J connectivity index is 1.88. The van der Waals surface area contributed by atoms with E-state index in [1.807, 2.05) is 24.3 Å². The number of hydrogen-bond donors (Lipinski definition) is 2. The quantitative estimate of drug-likeness (QED) is 0.513. The highest BCUT2D eigenvalue weighted by molar-refractivity contribution is 6.02. The number of hydrogen-bond acceptors (Lipinski definition) is 6. The molecule has 144 valence electrons. The summed E-state index contributed by atoms with van der Waals surface area (Å²) in [4.78, 5) is 25.0. The maximum atomic E-state index is 12.5. The Labute approximate surface area is 167 Å². The highest BCUT2D eigenvalue weighted by atomic mass is 16.5. The number of nitriles is 1. The Morgan fingerprint density at radius 2 is 2.03 bits per heavy atom. The number of amidine groups is 1. The zero-order valence-electron chi connectivity index (χ0n) is 15.6. The van der Waals surface area contributed by atoms with Crippen molar-refractivity contribution in [2.24, 2.45) is 10.7 Å². The number of benzene rings is 1. The Kier molecular flexibility index (Phi) is 6.12. The summed E-state index contributed by atoms with van der Waals surface area (Å²) in [6.07, 6.45) is 4.72. The number of rotatable bonds is 5. The van der Waals surface area contributed by atoms with Gasteiger partial charge in [-0.1, -0.05) is 18.2 Å². The van der Waals surface area contributed by atoms with E-state index in [1.165, 1.54) is 19.4 Å². The van der Waals surface area contributed by atoms with E-state index >= 15 is 0 Å². The number of aliphatic imine (C=N–C) groups is 1. The van der Waals surface area contributed by atoms with E-state index in [2.05, 4.69) is 20.3 Å². The van der Waals surface area contributed by atoms with Crippen LogP contribution >= 0.6 is 0 Å². The first-order chi connectivity index (χ1) is 14.1. The molecule has 2 aromatic heterocycles. The van der Waals surface area contributed by atoms with Crippen molar-refractivity contribution < 1.29 is 9.53 Å². The van der Waals surface area contributed by atoms with Gasteiger partial charge in [0.15, 0.2) is 0 Å². The van der Waals surface area contributed by atoms with E-state index in [0.717, 1.165) is 11.1 Å². The molecule has 1 atom stereocenters. The number of pyridine rings is 2. The van der Waals surface area contributed by atoms with Crippen LogP contribution in [0.2, 0.25) is 0 Å². The summed E-state index contributed by atoms with van der Waals surface area (Å²) in [5.74, 6) is -0.385. The molecule has 0 spiro atoms. The van der Waals surface area contributed by atoms with Gasteiger partial charge in [-0.2, -0.15) is 5.26 Å². The molecule has 29 heavy (non-hydrogen) atoms. The molecular formula is C21H18N6O2. The number of amides is 1. The summed E-state index contributed by atoms with van der Waals surface area (Å²) in [5, 5.41) is 11.6. The summed E-state index contributed by atoms with van der Waals surface area (Å²) in [5.41, 5.74) is 8.55. The van der Waals surface area contributed by atoms with E-state index in [0.29, 0.717) is 11.3 Å². The van der Waals surface area contributed by atoms with Crippen molar-refractivity contribution >= 4 is 17.6 Å². The lowest BCUT2D eigenvalue weighted by molar-refractivity contribution is 0.102. The SMILES string of the molecule is COC(N)=NC(c1cccnc1)c1cccc(NC(=O)c2ccc(C#N)cn2)c1. The molecule has 3 rings (SSSR count). The van der Waals surface area contributed by atoms with Crippen LogP contribution in [0.5, 0.6) is 0 Å². The fourth-order valence-corrected chi connectivity index (χ4v) is 2.64. The minimum absolute atomic E-state index is 0.0371. The zero-order chi connectivity index (χ0) is 20.6. The number of aromatic nitrogens is 2. The second-order valence-corrected chi connectivity index (χ2v) is 5.98. The molecule has 1 unspecified atom stereocenters. The molecule has 0 fully saturated rings. The fraction of sp³-hybridized carbons (Fsp3) is 0.0952. The van der Waals surface area contributed by atoms with Gasteiger partial charge in [-0.05, 0) is 41.5 Å². The van der Waals surface area contributed by atoms with E-state index in [-0.39, 0.29) is 17.6 Å². The van der Waals surface area contributed by atoms with Crippen LogP contribution in [0.4, 0.5) is 5.69 Å². The van der Waals surface area contributed by atoms with Gasteiger partial charge in [0.05, 0.1) is 12.7 Å². The molecule has 0 saturated heterocycles. The first-order valence-corrected chi connectivity index (χ1v) is 8.65. The first-order valence-electron chi connectivity index (χ1n) is 8.65. The number of carbonyl (C=O) groups excluding carboxylic acids is 1. The molecule has 0 saturated carbocycles. The van der Waals surface area contributed by atoms with Gasteiger partial charge in [-0.15, -0.1) is 0 Å². The number of nitrogens with zero attached hydrogens (tertiary/aromatic N) is 4. The molecule has 0 bridgehead atoms. The first kappa shape index (κ1) is 19.5. The number of anilines is 1. The van der Waals surface area contributed by atoms with Crippen molar-refractivity contribution in [3.8, 4) is 6.07 Å². The molecule has 0 aliphatic rings. The predicted octanol–water partition coefficient (Wildman–Crippen LogP) is 2.65. The second kappa shape index (κ2) is 9.10. The van der Waals surface area contributed by atoms with Gasteiger partial charge in [0.2, 0.25) is 0 Å². The molecule has 3 N–H and O–H groups in total. The van der Waals surface area contributed by atoms with Crippen molar-refractivity contribution in [2.75, 3.05) is 12.4 Å². The monoisotopic (exact) mass is 386 g/mol. The van der Waals surface area contributed by atoms with Crippen LogP contribution in [-0.2, 0) is 4.74 Å². The Morgan fingerprint density at radius 3 is 2.69 bits per heavy atom. The standard InChI is InChI=1S/C21H18N6O2/c1-29-21(23)27-19(16-5-3-9-24-13-16)15-4-2-6-17(10-15)26-20(28)18-8-7-14(11-22)12-25-18/h2-10,12-13,19H,1H3,(H2,23,27)(H,26,28). The van der Waals surface area contributed by atoms with Gasteiger partial charge in [0, 0.05) is 24.3 Å². The van der Waals surface area contributed by atoms with Crippen LogP contribution in [-0.4, -0.2) is 29.0 Å². The largest absolute Gasteiger partial charge is 0.469 e. The van der Waals surface area contributed by atoms with Gasteiger partial charge in [0.1, 0.15) is 17.8 Å². The molecule has 8 heteroatoms. The number of nitrogens with two attached hydrogens (primary N) is 1. The van der Waals surface area contributed by atoms with Crippen LogP contribution in [0, 0.1) is 11.3 Å². The van der Waals surface area contributed by atoms with Gasteiger partial charge in [0.25, 0.3) is 11.9 Å². The smallest absolute Gasteiger partial charge is 0.282 e. The van der Waals surface area contributed by atoms with Crippen LogP contribution in [0.3, 0.4) is 0 Å². The third kappa shape index (κ3) is 4.93. The average Bonchev–Trinajstić information content (AvgIpc) is 2.78. The zero-order valence-corrected chi connectivity index (χ0v) is 15.6. The van der Waals surface area contributed by atoms with E-state index < -0.39 is 6.04 Å². The third-order valence-corrected chi connectivity index (χ3v) is 4.05. The molecule has 8 nitrogen and oxygen atoms in total. The van der Waals surface area contributed by atoms with E-state index in [1.54, 1.807) is 36.7 Å². The Morgan fingerprint density at radius 1 is 1.21 bits per heavy atom. The minimum Gasteiger partial charge on any atom is -0.469 e. The van der Waals surface area contributed by atoms with Crippen molar-refractivity contribution in [3.63, 3.8) is 0 Å². The fourth-order valence-electron chi connectivity index (χ4n) is 2.64. The maximum Gasteiger partial charge on any atom is 0.282 e. The van der Waals surface area contributed by atoms with Gasteiger partial charge >= 0.3 is 0 Å². The molecule has 1 amide bonds. The second-order valence-electron chi connectivity index (χ2n) is 5.98. The summed E-state index contributed by atoms with van der Waals surface area (Å²) in [6.45, 7) is 0. The molecule has 1 aromatic carbocycles. The molecule has 0 aliphatic carbocycles. The van der Waals surface area contributed by atoms with Crippen molar-refractivity contribution in [3.05, 3.63) is 89.5 Å². The van der Waals surface area contributed by atoms with Crippen LogP contribution in [0.15, 0.2) is 72.1 Å². The minimum atomic E-state index is -0.450. The molecular weight excluding hydrogens is 368 g/mol. The van der Waals surface area contributed by atoms with Crippen LogP contribution in [0.1, 0.15) is 33.2 Å². The maximum absolute atomic E-state index is 12.5. The highest BCUT2D eigenvalue weighted by Crippen LogP contribution is 2.27. The summed E-state index contributed by atoms with van der Waals surface area (Å²) in [6, 6.07) is 15.5. The summed E-state index contributed by atoms with van der Waals surface area (Å²) >= 11 is 0. The summed E-state index contributed by atoms with van der Waals surface area (Å²) in [7, 11) is 1.44. The molecule has 0 aliphatic heterocycles.